The Hall–Kier alpha value is -4.65. The van der Waals surface area contributed by atoms with E-state index in [1.807, 2.05) is 44.4 Å². The van der Waals surface area contributed by atoms with E-state index in [-0.39, 0.29) is 23.0 Å². The number of carbonyl (C=O) groups is 1. The van der Waals surface area contributed by atoms with Crippen molar-refractivity contribution in [1.29, 1.82) is 0 Å². The summed E-state index contributed by atoms with van der Waals surface area (Å²) in [5, 5.41) is 0.393. The van der Waals surface area contributed by atoms with Gasteiger partial charge in [-0.1, -0.05) is 37.7 Å². The van der Waals surface area contributed by atoms with E-state index in [0.717, 1.165) is 11.8 Å². The molecular weight excluding hydrogens is 588 g/mol. The number of aliphatic imine (C=N–C) groups is 1. The highest BCUT2D eigenvalue weighted by atomic mass is 32.2. The van der Waals surface area contributed by atoms with Gasteiger partial charge in [-0.2, -0.15) is 0 Å². The van der Waals surface area contributed by atoms with Crippen LogP contribution in [0.4, 0.5) is 20.2 Å². The van der Waals surface area contributed by atoms with Crippen LogP contribution in [0.1, 0.15) is 29.8 Å². The first kappa shape index (κ1) is 33.8. The van der Waals surface area contributed by atoms with Gasteiger partial charge in [-0.3, -0.25) is 24.1 Å². The van der Waals surface area contributed by atoms with Gasteiger partial charge in [-0.25, -0.2) is 13.6 Å². The fourth-order valence-electron chi connectivity index (χ4n) is 4.59. The molecule has 234 valence electrons. The van der Waals surface area contributed by atoms with Gasteiger partial charge < -0.3 is 21.3 Å². The highest BCUT2D eigenvalue weighted by Crippen LogP contribution is 2.21. The lowest BCUT2D eigenvalue weighted by atomic mass is 10.1. The van der Waals surface area contributed by atoms with E-state index < -0.39 is 28.8 Å². The fourth-order valence-corrected chi connectivity index (χ4v) is 4.77. The number of hydrogen-bond donors (Lipinski definition) is 3. The molecule has 0 aliphatic carbocycles. The molecule has 0 unspecified atom stereocenters. The molecule has 0 saturated carbocycles. The van der Waals surface area contributed by atoms with Crippen molar-refractivity contribution in [1.82, 2.24) is 14.5 Å². The maximum absolute atomic E-state index is 14.7. The number of aromatic amines is 1. The quantitative estimate of drug-likeness (QED) is 0.178. The molecule has 2 heterocycles. The molecule has 0 spiro atoms. The van der Waals surface area contributed by atoms with Crippen LogP contribution in [0.3, 0.4) is 0 Å². The van der Waals surface area contributed by atoms with Gasteiger partial charge in [0.1, 0.15) is 11.6 Å². The highest BCUT2D eigenvalue weighted by molar-refractivity contribution is 8.13. The van der Waals surface area contributed by atoms with Gasteiger partial charge in [-0.15, -0.1) is 0 Å². The monoisotopic (exact) mass is 625 g/mol. The number of piperazine rings is 1. The van der Waals surface area contributed by atoms with E-state index >= 15 is 0 Å². The van der Waals surface area contributed by atoms with E-state index in [9.17, 15) is 23.2 Å². The van der Waals surface area contributed by atoms with Crippen LogP contribution in [-0.4, -0.2) is 65.0 Å². The molecule has 4 aromatic rings. The number of nitrogen functional groups attached to an aromatic ring is 1. The van der Waals surface area contributed by atoms with Crippen LogP contribution in [0, 0.1) is 11.6 Å². The normalized spacial score (nSPS) is 13.1. The van der Waals surface area contributed by atoms with Crippen LogP contribution < -0.4 is 27.6 Å². The summed E-state index contributed by atoms with van der Waals surface area (Å²) in [7, 11) is 1.67. The van der Waals surface area contributed by atoms with Crippen molar-refractivity contribution in [3.05, 3.63) is 104 Å². The summed E-state index contributed by atoms with van der Waals surface area (Å²) in [4.78, 5) is 47.3. The Bertz CT molecular complexity index is 1730. The summed E-state index contributed by atoms with van der Waals surface area (Å²) in [6.45, 7) is 5.91. The number of thioether (sulfide) groups is 1. The van der Waals surface area contributed by atoms with E-state index in [1.165, 1.54) is 46.7 Å². The van der Waals surface area contributed by atoms with Gasteiger partial charge in [0, 0.05) is 44.6 Å². The zero-order valence-electron chi connectivity index (χ0n) is 25.1. The van der Waals surface area contributed by atoms with Crippen molar-refractivity contribution in [2.24, 2.45) is 10.7 Å². The van der Waals surface area contributed by atoms with Crippen molar-refractivity contribution >= 4 is 45.1 Å². The molecule has 1 amide bonds. The molecule has 0 radical (unpaired) electrons. The number of aromatic nitrogens is 2. The first-order chi connectivity index (χ1) is 21.1. The maximum Gasteiger partial charge on any atom is 0.329 e. The minimum absolute atomic E-state index is 0.0823. The van der Waals surface area contributed by atoms with Gasteiger partial charge in [0.25, 0.3) is 11.5 Å². The topological polar surface area (TPSA) is 143 Å². The molecule has 1 saturated heterocycles. The molecule has 13 heteroatoms. The summed E-state index contributed by atoms with van der Waals surface area (Å²) in [5.74, 6) is -1.87. The molecule has 1 aliphatic rings. The molecule has 1 aromatic heterocycles. The van der Waals surface area contributed by atoms with Crippen LogP contribution in [0.5, 0.6) is 0 Å². The predicted molar refractivity (Wildman–Crippen MR) is 176 cm³/mol. The number of nitrogens with two attached hydrogens (primary N) is 2. The summed E-state index contributed by atoms with van der Waals surface area (Å²) in [6.07, 6.45) is 1.89. The standard InChI is InChI=1S/C26H23F2N5O3.C3H8N2S.C2H6/c27-20-9-4-16(15-33-22-3-1-2-21(28)23(22)24(34)30-26(33)36)14-19(20)25(35)32-12-10-31(11-13-32)18-7-5-17(29)6-8-18;1-5-3(4)6-2;1-2/h1-9,14H,10-13,15,29H2,(H,30,34,36);1-2H3,(H2,4,5);1-2H3. The Labute approximate surface area is 258 Å². The Morgan fingerprint density at radius 1 is 0.977 bits per heavy atom. The van der Waals surface area contributed by atoms with E-state index in [2.05, 4.69) is 14.9 Å². The predicted octanol–water partition coefficient (Wildman–Crippen LogP) is 3.88. The number of benzene rings is 3. The number of anilines is 2. The first-order valence-electron chi connectivity index (χ1n) is 14.0. The minimum atomic E-state index is -0.822. The summed E-state index contributed by atoms with van der Waals surface area (Å²) in [5.41, 5.74) is 11.5. The van der Waals surface area contributed by atoms with E-state index in [0.29, 0.717) is 42.6 Å². The smallest absolute Gasteiger partial charge is 0.329 e. The summed E-state index contributed by atoms with van der Waals surface area (Å²) >= 11 is 1.45. The van der Waals surface area contributed by atoms with Crippen molar-refractivity contribution in [2.45, 2.75) is 20.4 Å². The molecule has 3 aromatic carbocycles. The van der Waals surface area contributed by atoms with Crippen molar-refractivity contribution in [2.75, 3.05) is 50.1 Å². The number of H-pyrrole nitrogens is 1. The average molecular weight is 626 g/mol. The average Bonchev–Trinajstić information content (AvgIpc) is 3.04. The maximum atomic E-state index is 14.7. The number of nitrogens with zero attached hydrogens (tertiary/aromatic N) is 4. The van der Waals surface area contributed by atoms with Crippen LogP contribution in [-0.2, 0) is 6.54 Å². The van der Waals surface area contributed by atoms with Crippen molar-refractivity contribution in [3.63, 3.8) is 0 Å². The molecule has 44 heavy (non-hydrogen) atoms. The number of nitrogens with one attached hydrogen (secondary N) is 1. The van der Waals surface area contributed by atoms with Crippen LogP contribution >= 0.6 is 11.8 Å². The second kappa shape index (κ2) is 15.7. The number of fused-ring (bicyclic) bond motifs is 1. The van der Waals surface area contributed by atoms with Gasteiger partial charge in [0.15, 0.2) is 5.17 Å². The molecule has 0 atom stereocenters. The highest BCUT2D eigenvalue weighted by Gasteiger charge is 2.25. The van der Waals surface area contributed by atoms with Crippen LogP contribution in [0.15, 0.2) is 75.2 Å². The number of halogens is 2. The third kappa shape index (κ3) is 8.04. The van der Waals surface area contributed by atoms with Gasteiger partial charge in [0.05, 0.1) is 23.0 Å². The Morgan fingerprint density at radius 3 is 2.23 bits per heavy atom. The lowest BCUT2D eigenvalue weighted by molar-refractivity contribution is 0.0742. The Balaban J connectivity index is 0.000000593. The van der Waals surface area contributed by atoms with Gasteiger partial charge in [0.2, 0.25) is 0 Å². The van der Waals surface area contributed by atoms with Gasteiger partial charge in [-0.05, 0) is 60.4 Å². The number of carbonyl (C=O) groups excluding carboxylic acids is 1. The summed E-state index contributed by atoms with van der Waals surface area (Å²) < 4.78 is 30.1. The fraction of sp³-hybridized carbons (Fsp3) is 0.290. The zero-order valence-corrected chi connectivity index (χ0v) is 26.0. The lowest BCUT2D eigenvalue weighted by Gasteiger charge is -2.36. The largest absolute Gasteiger partial charge is 0.399 e. The Morgan fingerprint density at radius 2 is 1.64 bits per heavy atom. The first-order valence-corrected chi connectivity index (χ1v) is 15.2. The lowest BCUT2D eigenvalue weighted by Crippen LogP contribution is -2.49. The number of amides is 1. The minimum Gasteiger partial charge on any atom is -0.399 e. The third-order valence-electron chi connectivity index (χ3n) is 6.83. The molecule has 1 fully saturated rings. The zero-order chi connectivity index (χ0) is 32.4. The Kier molecular flexibility index (Phi) is 12.1. The van der Waals surface area contributed by atoms with Crippen LogP contribution in [0.25, 0.3) is 10.9 Å². The van der Waals surface area contributed by atoms with Gasteiger partial charge >= 0.3 is 5.69 Å². The van der Waals surface area contributed by atoms with E-state index in [4.69, 9.17) is 11.5 Å². The molecule has 1 aliphatic heterocycles. The van der Waals surface area contributed by atoms with Crippen molar-refractivity contribution < 1.29 is 13.6 Å². The van der Waals surface area contributed by atoms with Crippen molar-refractivity contribution in [3.8, 4) is 0 Å². The number of amidine groups is 1. The molecule has 5 N–H and O–H groups in total. The molecule has 5 rings (SSSR count). The SMILES string of the molecule is CC.CN=C(N)SC.Nc1ccc(N2CCN(C(=O)c3cc(Cn4c(=O)[nH]c(=O)c5c(F)cccc54)ccc3F)CC2)cc1. The second-order valence-electron chi connectivity index (χ2n) is 9.43. The molecule has 10 nitrogen and oxygen atoms in total. The second-order valence-corrected chi connectivity index (χ2v) is 10.3. The number of hydrogen-bond acceptors (Lipinski definition) is 7. The van der Waals surface area contributed by atoms with E-state index in [1.54, 1.807) is 11.9 Å². The molecule has 0 bridgehead atoms. The molecular formula is C31H37F2N7O3S. The number of rotatable bonds is 4. The van der Waals surface area contributed by atoms with Crippen LogP contribution in [0.2, 0.25) is 0 Å². The summed E-state index contributed by atoms with van der Waals surface area (Å²) in [6, 6.07) is 15.5. The third-order valence-corrected chi connectivity index (χ3v) is 7.43.